The number of halogens is 2. The van der Waals surface area contributed by atoms with Crippen LogP contribution in [0, 0.1) is 0 Å². The molecular weight excluding hydrogens is 363 g/mol. The van der Waals surface area contributed by atoms with Gasteiger partial charge in [-0.05, 0) is 30.3 Å². The lowest BCUT2D eigenvalue weighted by atomic mass is 10.3. The second-order valence-corrected chi connectivity index (χ2v) is 6.36. The Morgan fingerprint density at radius 1 is 0.880 bits per heavy atom. The van der Waals surface area contributed by atoms with Gasteiger partial charge in [-0.1, -0.05) is 41.4 Å². The average Bonchev–Trinajstić information content (AvgIpc) is 3.03. The Bertz CT molecular complexity index is 1080. The zero-order valence-electron chi connectivity index (χ0n) is 12.9. The van der Waals surface area contributed by atoms with Crippen LogP contribution in [0.25, 0.3) is 5.69 Å². The summed E-state index contributed by atoms with van der Waals surface area (Å²) in [6.45, 7) is 1.01. The first kappa shape index (κ1) is 15.9. The molecule has 1 aromatic heterocycles. The van der Waals surface area contributed by atoms with E-state index < -0.39 is 11.4 Å². The molecule has 0 spiro atoms. The van der Waals surface area contributed by atoms with Gasteiger partial charge in [-0.25, -0.2) is 14.2 Å². The number of nitrogens with zero attached hydrogens (tertiary/aromatic N) is 4. The van der Waals surface area contributed by atoms with Crippen molar-refractivity contribution in [1.82, 2.24) is 14.1 Å². The van der Waals surface area contributed by atoms with Crippen LogP contribution in [0.1, 0.15) is 0 Å². The first-order chi connectivity index (χ1) is 12.1. The number of hydrogen-bond acceptors (Lipinski definition) is 4. The molecule has 0 N–H and O–H groups in total. The maximum Gasteiger partial charge on any atom is 0.359 e. The molecule has 0 saturated heterocycles. The highest BCUT2D eigenvalue weighted by Crippen LogP contribution is 2.26. The van der Waals surface area contributed by atoms with E-state index in [0.29, 0.717) is 29.7 Å². The van der Waals surface area contributed by atoms with E-state index in [1.54, 1.807) is 12.1 Å². The highest BCUT2D eigenvalue weighted by atomic mass is 35.5. The third kappa shape index (κ3) is 2.63. The van der Waals surface area contributed by atoms with Crippen LogP contribution in [-0.4, -0.2) is 20.7 Å². The fraction of sp³-hybridized carbons (Fsp3) is 0.118. The number of aromatic nitrogens is 3. The molecule has 0 unspecified atom stereocenters. The van der Waals surface area contributed by atoms with E-state index in [2.05, 4.69) is 4.98 Å². The second kappa shape index (κ2) is 6.06. The van der Waals surface area contributed by atoms with Crippen molar-refractivity contribution in [3.05, 3.63) is 79.5 Å². The van der Waals surface area contributed by atoms with Gasteiger partial charge in [-0.15, -0.1) is 0 Å². The van der Waals surface area contributed by atoms with E-state index in [9.17, 15) is 9.59 Å². The van der Waals surface area contributed by atoms with E-state index in [4.69, 9.17) is 23.2 Å². The molecule has 126 valence electrons. The van der Waals surface area contributed by atoms with Crippen LogP contribution in [0.2, 0.25) is 10.0 Å². The van der Waals surface area contributed by atoms with Gasteiger partial charge in [0.05, 0.1) is 15.7 Å². The lowest BCUT2D eigenvalue weighted by Gasteiger charge is -2.17. The fourth-order valence-electron chi connectivity index (χ4n) is 2.88. The Morgan fingerprint density at radius 3 is 2.36 bits per heavy atom. The van der Waals surface area contributed by atoms with E-state index in [1.165, 1.54) is 10.6 Å². The minimum atomic E-state index is -0.655. The zero-order valence-corrected chi connectivity index (χ0v) is 14.4. The smallest absolute Gasteiger partial charge is 0.310 e. The molecule has 1 aliphatic heterocycles. The number of rotatable bonds is 2. The average molecular weight is 375 g/mol. The van der Waals surface area contributed by atoms with Crippen LogP contribution in [0.5, 0.6) is 0 Å². The first-order valence-electron chi connectivity index (χ1n) is 7.58. The molecule has 0 radical (unpaired) electrons. The topological polar surface area (TPSA) is 60.1 Å². The molecule has 25 heavy (non-hydrogen) atoms. The maximum absolute atomic E-state index is 12.8. The largest absolute Gasteiger partial charge is 0.359 e. The number of anilines is 2. The quantitative estimate of drug-likeness (QED) is 0.691. The Kier molecular flexibility index (Phi) is 3.86. The molecule has 6 nitrogen and oxygen atoms in total. The predicted octanol–water partition coefficient (Wildman–Crippen LogP) is 2.85. The fourth-order valence-corrected chi connectivity index (χ4v) is 3.18. The number of benzene rings is 2. The summed E-state index contributed by atoms with van der Waals surface area (Å²) in [6.07, 6.45) is 0. The summed E-state index contributed by atoms with van der Waals surface area (Å²) in [5, 5.41) is 0.616. The molecule has 2 aromatic carbocycles. The summed E-state index contributed by atoms with van der Waals surface area (Å²) < 4.78 is 2.48. The summed E-state index contributed by atoms with van der Waals surface area (Å²) >= 11 is 11.9. The van der Waals surface area contributed by atoms with Crippen molar-refractivity contribution < 1.29 is 0 Å². The van der Waals surface area contributed by atoms with Crippen LogP contribution >= 0.6 is 23.2 Å². The number of hydrogen-bond donors (Lipinski definition) is 0. The third-order valence-electron chi connectivity index (χ3n) is 4.07. The van der Waals surface area contributed by atoms with Crippen molar-refractivity contribution in [2.24, 2.45) is 0 Å². The standard InChI is InChI=1S/C17H12Cl2N4O2/c18-13-7-6-12(10-14(13)19)23-16(24)20-15-21(8-9-22(15)17(23)25)11-4-2-1-3-5-11/h1-7,10H,8-9H2. The summed E-state index contributed by atoms with van der Waals surface area (Å²) in [7, 11) is 0. The summed E-state index contributed by atoms with van der Waals surface area (Å²) in [6, 6.07) is 14.1. The highest BCUT2D eigenvalue weighted by molar-refractivity contribution is 6.42. The van der Waals surface area contributed by atoms with Crippen LogP contribution in [0.4, 0.5) is 11.6 Å². The van der Waals surface area contributed by atoms with Gasteiger partial charge < -0.3 is 4.90 Å². The van der Waals surface area contributed by atoms with Crippen molar-refractivity contribution >= 4 is 34.8 Å². The monoisotopic (exact) mass is 374 g/mol. The Morgan fingerprint density at radius 2 is 1.64 bits per heavy atom. The van der Waals surface area contributed by atoms with Crippen LogP contribution < -0.4 is 16.3 Å². The van der Waals surface area contributed by atoms with Crippen LogP contribution in [0.15, 0.2) is 58.1 Å². The van der Waals surface area contributed by atoms with Gasteiger partial charge in [-0.3, -0.25) is 4.57 Å². The molecular formula is C17H12Cl2N4O2. The van der Waals surface area contributed by atoms with E-state index in [1.807, 2.05) is 35.2 Å². The van der Waals surface area contributed by atoms with Crippen LogP contribution in [-0.2, 0) is 6.54 Å². The minimum Gasteiger partial charge on any atom is -0.310 e. The van der Waals surface area contributed by atoms with Gasteiger partial charge in [-0.2, -0.15) is 4.98 Å². The Balaban J connectivity index is 1.88. The molecule has 8 heteroatoms. The molecule has 0 atom stereocenters. The van der Waals surface area contributed by atoms with E-state index in [0.717, 1.165) is 10.3 Å². The lowest BCUT2D eigenvalue weighted by molar-refractivity contribution is 0.672. The Labute approximate surface area is 152 Å². The molecule has 1 aliphatic rings. The molecule has 0 saturated carbocycles. The SMILES string of the molecule is O=c1nc2n(c(=O)n1-c1ccc(Cl)c(Cl)c1)CCN2c1ccccc1. The highest BCUT2D eigenvalue weighted by Gasteiger charge is 2.26. The summed E-state index contributed by atoms with van der Waals surface area (Å²) in [4.78, 5) is 31.3. The molecule has 4 rings (SSSR count). The number of fused-ring (bicyclic) bond motifs is 1. The van der Waals surface area contributed by atoms with Gasteiger partial charge in [0.15, 0.2) is 0 Å². The molecule has 3 aromatic rings. The molecule has 0 amide bonds. The maximum atomic E-state index is 12.8. The third-order valence-corrected chi connectivity index (χ3v) is 4.81. The lowest BCUT2D eigenvalue weighted by Crippen LogP contribution is -2.40. The van der Waals surface area contributed by atoms with Crippen molar-refractivity contribution in [2.75, 3.05) is 11.4 Å². The molecule has 0 aliphatic carbocycles. The molecule has 0 bridgehead atoms. The van der Waals surface area contributed by atoms with E-state index in [-0.39, 0.29) is 5.02 Å². The normalized spacial score (nSPS) is 13.1. The summed E-state index contributed by atoms with van der Waals surface area (Å²) in [5.41, 5.74) is 0.113. The zero-order chi connectivity index (χ0) is 17.6. The minimum absolute atomic E-state index is 0.266. The Hall–Kier alpha value is -2.57. The van der Waals surface area contributed by atoms with Crippen LogP contribution in [0.3, 0.4) is 0 Å². The molecule has 0 fully saturated rings. The van der Waals surface area contributed by atoms with Crippen molar-refractivity contribution in [1.29, 1.82) is 0 Å². The van der Waals surface area contributed by atoms with Gasteiger partial charge in [0.2, 0.25) is 5.95 Å². The first-order valence-corrected chi connectivity index (χ1v) is 8.34. The van der Waals surface area contributed by atoms with Gasteiger partial charge >= 0.3 is 11.4 Å². The van der Waals surface area contributed by atoms with Crippen molar-refractivity contribution in [3.63, 3.8) is 0 Å². The van der Waals surface area contributed by atoms with Crippen molar-refractivity contribution in [3.8, 4) is 5.69 Å². The summed E-state index contributed by atoms with van der Waals surface area (Å²) in [5.74, 6) is 0.345. The van der Waals surface area contributed by atoms with Gasteiger partial charge in [0.1, 0.15) is 0 Å². The van der Waals surface area contributed by atoms with Crippen molar-refractivity contribution in [2.45, 2.75) is 6.54 Å². The van der Waals surface area contributed by atoms with Gasteiger partial charge in [0, 0.05) is 18.8 Å². The van der Waals surface area contributed by atoms with Gasteiger partial charge in [0.25, 0.3) is 0 Å². The van der Waals surface area contributed by atoms with E-state index >= 15 is 0 Å². The second-order valence-electron chi connectivity index (χ2n) is 5.55. The number of para-hydroxylation sites is 1. The predicted molar refractivity (Wildman–Crippen MR) is 97.6 cm³/mol. The molecule has 2 heterocycles.